The molecule has 2 amide bonds. The molecule has 0 saturated carbocycles. The number of imide groups is 1. The van der Waals surface area contributed by atoms with E-state index in [-0.39, 0.29) is 25.0 Å². The van der Waals surface area contributed by atoms with E-state index in [2.05, 4.69) is 11.8 Å². The van der Waals surface area contributed by atoms with Gasteiger partial charge in [-0.25, -0.2) is 4.90 Å². The van der Waals surface area contributed by atoms with Crippen molar-refractivity contribution in [3.63, 3.8) is 0 Å². The van der Waals surface area contributed by atoms with Gasteiger partial charge in [0, 0.05) is 5.56 Å². The maximum absolute atomic E-state index is 11.7. The maximum atomic E-state index is 11.7. The summed E-state index contributed by atoms with van der Waals surface area (Å²) in [7, 11) is 0. The van der Waals surface area contributed by atoms with E-state index in [0.29, 0.717) is 12.2 Å². The lowest BCUT2D eigenvalue weighted by molar-refractivity contribution is -0.138. The molecule has 1 aliphatic heterocycles. The molecule has 1 saturated heterocycles. The van der Waals surface area contributed by atoms with Gasteiger partial charge < -0.3 is 10.5 Å². The van der Waals surface area contributed by atoms with Gasteiger partial charge in [-0.15, -0.1) is 0 Å². The van der Waals surface area contributed by atoms with Crippen LogP contribution in [0.5, 0.6) is 0 Å². The summed E-state index contributed by atoms with van der Waals surface area (Å²) in [5.74, 6) is 4.97. The Labute approximate surface area is 111 Å². The summed E-state index contributed by atoms with van der Waals surface area (Å²) in [4.78, 5) is 24.7. The third-order valence-electron chi connectivity index (χ3n) is 2.72. The normalized spacial score (nSPS) is 15.2. The first-order valence-electron chi connectivity index (χ1n) is 5.86. The van der Waals surface area contributed by atoms with Crippen molar-refractivity contribution < 1.29 is 14.3 Å². The first-order chi connectivity index (χ1) is 9.13. The Bertz CT molecular complexity index is 568. The molecule has 0 aliphatic carbocycles. The van der Waals surface area contributed by atoms with Crippen LogP contribution >= 0.6 is 0 Å². The topological polar surface area (TPSA) is 72.6 Å². The van der Waals surface area contributed by atoms with Crippen LogP contribution in [-0.4, -0.2) is 31.6 Å². The van der Waals surface area contributed by atoms with Crippen molar-refractivity contribution in [2.45, 2.75) is 6.92 Å². The zero-order chi connectivity index (χ0) is 13.8. The minimum Gasteiger partial charge on any atom is -0.362 e. The number of carbonyl (C=O) groups excluding carboxylic acids is 2. The molecule has 2 rings (SSSR count). The summed E-state index contributed by atoms with van der Waals surface area (Å²) >= 11 is 0. The molecule has 19 heavy (non-hydrogen) atoms. The molecule has 1 aromatic rings. The first kappa shape index (κ1) is 13.3. The fraction of sp³-hybridized carbons (Fsp3) is 0.286. The van der Waals surface area contributed by atoms with E-state index in [9.17, 15) is 9.59 Å². The molecule has 5 heteroatoms. The largest absolute Gasteiger partial charge is 0.362 e. The van der Waals surface area contributed by atoms with Crippen molar-refractivity contribution in [1.29, 1.82) is 0 Å². The number of morpholine rings is 1. The second kappa shape index (κ2) is 5.65. The lowest BCUT2D eigenvalue weighted by Gasteiger charge is -2.26. The lowest BCUT2D eigenvalue weighted by atomic mass is 10.1. The predicted molar refractivity (Wildman–Crippen MR) is 70.4 cm³/mol. The molecule has 5 nitrogen and oxygen atoms in total. The average Bonchev–Trinajstić information content (AvgIpc) is 2.38. The Morgan fingerprint density at radius 1 is 1.32 bits per heavy atom. The second-order valence-electron chi connectivity index (χ2n) is 4.12. The zero-order valence-corrected chi connectivity index (χ0v) is 10.6. The standard InChI is InChI=1S/C14H14N2O3/c1-10-7-11(3-2-6-15)4-5-12(10)16-13(17)8-19-9-14(16)18/h4-5,7H,6,8-9,15H2,1H3. The van der Waals surface area contributed by atoms with Gasteiger partial charge in [0.05, 0.1) is 12.2 Å². The lowest BCUT2D eigenvalue weighted by Crippen LogP contribution is -2.46. The van der Waals surface area contributed by atoms with E-state index in [4.69, 9.17) is 10.5 Å². The highest BCUT2D eigenvalue weighted by atomic mass is 16.5. The van der Waals surface area contributed by atoms with Crippen molar-refractivity contribution >= 4 is 17.5 Å². The molecule has 0 atom stereocenters. The van der Waals surface area contributed by atoms with Gasteiger partial charge in [0.1, 0.15) is 13.2 Å². The molecule has 0 aromatic heterocycles. The van der Waals surface area contributed by atoms with Gasteiger partial charge in [-0.05, 0) is 30.7 Å². The van der Waals surface area contributed by atoms with Gasteiger partial charge in [-0.1, -0.05) is 11.8 Å². The van der Waals surface area contributed by atoms with Crippen molar-refractivity contribution in [2.75, 3.05) is 24.7 Å². The average molecular weight is 258 g/mol. The Hall–Kier alpha value is -2.16. The molecule has 1 heterocycles. The van der Waals surface area contributed by atoms with Crippen LogP contribution in [0.25, 0.3) is 0 Å². The number of hydrogen-bond acceptors (Lipinski definition) is 4. The smallest absolute Gasteiger partial charge is 0.259 e. The number of ether oxygens (including phenoxy) is 1. The van der Waals surface area contributed by atoms with Crippen LogP contribution in [0.15, 0.2) is 18.2 Å². The van der Waals surface area contributed by atoms with Gasteiger partial charge in [0.25, 0.3) is 11.8 Å². The van der Waals surface area contributed by atoms with Crippen molar-refractivity contribution in [2.24, 2.45) is 5.73 Å². The minimum absolute atomic E-state index is 0.0695. The van der Waals surface area contributed by atoms with Crippen LogP contribution in [0.2, 0.25) is 0 Å². The van der Waals surface area contributed by atoms with Crippen molar-refractivity contribution in [3.8, 4) is 11.8 Å². The molecule has 98 valence electrons. The van der Waals surface area contributed by atoms with E-state index in [0.717, 1.165) is 11.1 Å². The fourth-order valence-electron chi connectivity index (χ4n) is 1.90. The van der Waals surface area contributed by atoms with Crippen LogP contribution in [0.1, 0.15) is 11.1 Å². The number of benzene rings is 1. The van der Waals surface area contributed by atoms with Crippen LogP contribution in [0, 0.1) is 18.8 Å². The molecule has 1 aliphatic rings. The highest BCUT2D eigenvalue weighted by molar-refractivity contribution is 6.17. The fourth-order valence-corrected chi connectivity index (χ4v) is 1.90. The summed E-state index contributed by atoms with van der Waals surface area (Å²) in [6, 6.07) is 5.31. The molecule has 1 aromatic carbocycles. The molecule has 2 N–H and O–H groups in total. The summed E-state index contributed by atoms with van der Waals surface area (Å²) in [6.07, 6.45) is 0. The Balaban J connectivity index is 2.35. The number of aryl methyl sites for hydroxylation is 1. The third-order valence-corrected chi connectivity index (χ3v) is 2.72. The van der Waals surface area contributed by atoms with Crippen LogP contribution in [0.3, 0.4) is 0 Å². The summed E-state index contributed by atoms with van der Waals surface area (Å²) in [5.41, 5.74) is 7.51. The number of carbonyl (C=O) groups is 2. The SMILES string of the molecule is Cc1cc(C#CCN)ccc1N1C(=O)COCC1=O. The maximum Gasteiger partial charge on any atom is 0.259 e. The van der Waals surface area contributed by atoms with Crippen molar-refractivity contribution in [3.05, 3.63) is 29.3 Å². The van der Waals surface area contributed by atoms with E-state index < -0.39 is 0 Å². The monoisotopic (exact) mass is 258 g/mol. The van der Waals surface area contributed by atoms with Crippen molar-refractivity contribution in [1.82, 2.24) is 0 Å². The van der Waals surface area contributed by atoms with Gasteiger partial charge in [-0.3, -0.25) is 9.59 Å². The Kier molecular flexibility index (Phi) is 3.95. The van der Waals surface area contributed by atoms with E-state index in [1.807, 2.05) is 13.0 Å². The molecule has 0 unspecified atom stereocenters. The van der Waals surface area contributed by atoms with Gasteiger partial charge >= 0.3 is 0 Å². The van der Waals surface area contributed by atoms with Crippen LogP contribution < -0.4 is 10.6 Å². The molecular formula is C14H14N2O3. The van der Waals surface area contributed by atoms with Crippen LogP contribution in [-0.2, 0) is 14.3 Å². The second-order valence-corrected chi connectivity index (χ2v) is 4.12. The number of amides is 2. The number of anilines is 1. The highest BCUT2D eigenvalue weighted by Crippen LogP contribution is 2.23. The number of hydrogen-bond donors (Lipinski definition) is 1. The quantitative estimate of drug-likeness (QED) is 0.576. The number of nitrogens with zero attached hydrogens (tertiary/aromatic N) is 1. The number of rotatable bonds is 1. The molecule has 0 radical (unpaired) electrons. The molecular weight excluding hydrogens is 244 g/mol. The van der Waals surface area contributed by atoms with E-state index >= 15 is 0 Å². The van der Waals surface area contributed by atoms with Gasteiger partial charge in [0.2, 0.25) is 0 Å². The Morgan fingerprint density at radius 2 is 2.00 bits per heavy atom. The minimum atomic E-state index is -0.347. The van der Waals surface area contributed by atoms with Gasteiger partial charge in [-0.2, -0.15) is 0 Å². The zero-order valence-electron chi connectivity index (χ0n) is 10.6. The van der Waals surface area contributed by atoms with Crippen LogP contribution in [0.4, 0.5) is 5.69 Å². The van der Waals surface area contributed by atoms with Gasteiger partial charge in [0.15, 0.2) is 0 Å². The van der Waals surface area contributed by atoms with E-state index in [1.54, 1.807) is 12.1 Å². The van der Waals surface area contributed by atoms with E-state index in [1.165, 1.54) is 4.90 Å². The predicted octanol–water partition coefficient (Wildman–Crippen LogP) is 0.195. The molecule has 0 spiro atoms. The summed E-state index contributed by atoms with van der Waals surface area (Å²) < 4.78 is 4.89. The summed E-state index contributed by atoms with van der Waals surface area (Å²) in [6.45, 7) is 1.99. The Morgan fingerprint density at radius 3 is 2.58 bits per heavy atom. The number of nitrogens with two attached hydrogens (primary N) is 1. The highest BCUT2D eigenvalue weighted by Gasteiger charge is 2.28. The molecule has 0 bridgehead atoms. The molecule has 1 fully saturated rings. The third kappa shape index (κ3) is 2.81. The first-order valence-corrected chi connectivity index (χ1v) is 5.86. The summed E-state index contributed by atoms with van der Waals surface area (Å²) in [5, 5.41) is 0.